The number of benzene rings is 1. The molecule has 1 heterocycles. The van der Waals surface area contributed by atoms with Crippen molar-refractivity contribution in [2.24, 2.45) is 0 Å². The highest BCUT2D eigenvalue weighted by Crippen LogP contribution is 2.31. The lowest BCUT2D eigenvalue weighted by Gasteiger charge is -2.23. The summed E-state index contributed by atoms with van der Waals surface area (Å²) >= 11 is 0. The van der Waals surface area contributed by atoms with Gasteiger partial charge < -0.3 is 10.2 Å². The summed E-state index contributed by atoms with van der Waals surface area (Å²) in [5, 5.41) is 3.32. The Balaban J connectivity index is 2.28. The molecule has 112 valence electrons. The zero-order valence-electron chi connectivity index (χ0n) is 12.4. The molecule has 0 atom stereocenters. The van der Waals surface area contributed by atoms with Crippen LogP contribution >= 0.6 is 0 Å². The number of fused-ring (bicyclic) bond motifs is 1. The lowest BCUT2D eigenvalue weighted by molar-refractivity contribution is 0.412. The Morgan fingerprint density at radius 1 is 1.35 bits per heavy atom. The standard InChI is InChI=1S/C14H23N3O2S/c1-11-6-7-13(12-5-4-8-15-14(11)12)20(18,19)16-9-10-17(2)3/h6-7,15-16H,4-5,8-10H2,1-3H3. The van der Waals surface area contributed by atoms with E-state index in [0.29, 0.717) is 18.0 Å². The third-order valence-electron chi connectivity index (χ3n) is 3.52. The van der Waals surface area contributed by atoms with E-state index >= 15 is 0 Å². The zero-order chi connectivity index (χ0) is 14.8. The highest BCUT2D eigenvalue weighted by atomic mass is 32.2. The van der Waals surface area contributed by atoms with Crippen LogP contribution in [0.25, 0.3) is 0 Å². The Morgan fingerprint density at radius 3 is 2.80 bits per heavy atom. The van der Waals surface area contributed by atoms with E-state index in [1.165, 1.54) is 0 Å². The molecule has 2 rings (SSSR count). The molecule has 0 amide bonds. The van der Waals surface area contributed by atoms with Crippen LogP contribution in [0.1, 0.15) is 17.5 Å². The lowest BCUT2D eigenvalue weighted by Crippen LogP contribution is -2.32. The molecular formula is C14H23N3O2S. The summed E-state index contributed by atoms with van der Waals surface area (Å²) in [5.41, 5.74) is 3.02. The molecule has 0 radical (unpaired) electrons. The number of rotatable bonds is 5. The number of sulfonamides is 1. The number of hydrogen-bond donors (Lipinski definition) is 2. The smallest absolute Gasteiger partial charge is 0.240 e. The minimum atomic E-state index is -3.43. The first-order valence-corrected chi connectivity index (χ1v) is 8.41. The number of anilines is 1. The Bertz CT molecular complexity index is 582. The molecule has 1 aromatic carbocycles. The van der Waals surface area contributed by atoms with Crippen LogP contribution in [0.2, 0.25) is 0 Å². The van der Waals surface area contributed by atoms with Crippen molar-refractivity contribution in [3.63, 3.8) is 0 Å². The number of nitrogens with zero attached hydrogens (tertiary/aromatic N) is 1. The van der Waals surface area contributed by atoms with Crippen LogP contribution in [0.15, 0.2) is 17.0 Å². The molecule has 1 aliphatic heterocycles. The van der Waals surface area contributed by atoms with Crippen molar-refractivity contribution in [1.82, 2.24) is 9.62 Å². The highest BCUT2D eigenvalue weighted by molar-refractivity contribution is 7.89. The fraction of sp³-hybridized carbons (Fsp3) is 0.571. The maximum atomic E-state index is 12.4. The third kappa shape index (κ3) is 3.31. The average molecular weight is 297 g/mol. The van der Waals surface area contributed by atoms with Crippen LogP contribution in [0.3, 0.4) is 0 Å². The van der Waals surface area contributed by atoms with E-state index in [9.17, 15) is 8.42 Å². The van der Waals surface area contributed by atoms with Crippen molar-refractivity contribution in [3.05, 3.63) is 23.3 Å². The van der Waals surface area contributed by atoms with Crippen LogP contribution in [0, 0.1) is 6.92 Å². The molecular weight excluding hydrogens is 274 g/mol. The van der Waals surface area contributed by atoms with E-state index < -0.39 is 10.0 Å². The minimum absolute atomic E-state index is 0.420. The molecule has 0 aromatic heterocycles. The Hall–Kier alpha value is -1.11. The van der Waals surface area contributed by atoms with Crippen LogP contribution in [0.5, 0.6) is 0 Å². The first kappa shape index (κ1) is 15.3. The van der Waals surface area contributed by atoms with Crippen LogP contribution in [-0.2, 0) is 16.4 Å². The molecule has 20 heavy (non-hydrogen) atoms. The van der Waals surface area contributed by atoms with Gasteiger partial charge in [-0.3, -0.25) is 0 Å². The Kier molecular flexibility index (Phi) is 4.67. The molecule has 6 heteroatoms. The molecule has 0 bridgehead atoms. The molecule has 0 unspecified atom stereocenters. The minimum Gasteiger partial charge on any atom is -0.385 e. The monoisotopic (exact) mass is 297 g/mol. The predicted octanol–water partition coefficient (Wildman–Crippen LogP) is 1.19. The van der Waals surface area contributed by atoms with E-state index in [1.807, 2.05) is 32.0 Å². The van der Waals surface area contributed by atoms with Crippen molar-refractivity contribution in [1.29, 1.82) is 0 Å². The fourth-order valence-electron chi connectivity index (χ4n) is 2.45. The van der Waals surface area contributed by atoms with Crippen LogP contribution < -0.4 is 10.0 Å². The molecule has 0 spiro atoms. The van der Waals surface area contributed by atoms with Gasteiger partial charge in [-0.2, -0.15) is 0 Å². The van der Waals surface area contributed by atoms with Crippen molar-refractivity contribution in [2.45, 2.75) is 24.7 Å². The molecule has 5 nitrogen and oxygen atoms in total. The first-order valence-electron chi connectivity index (χ1n) is 6.92. The summed E-state index contributed by atoms with van der Waals surface area (Å²) in [7, 11) is 0.414. The number of likely N-dealkylation sites (N-methyl/N-ethyl adjacent to an activating group) is 1. The fourth-order valence-corrected chi connectivity index (χ4v) is 3.74. The molecule has 1 aliphatic rings. The van der Waals surface area contributed by atoms with Gasteiger partial charge >= 0.3 is 0 Å². The van der Waals surface area contributed by atoms with Gasteiger partial charge in [0, 0.05) is 25.3 Å². The van der Waals surface area contributed by atoms with E-state index in [-0.39, 0.29) is 0 Å². The summed E-state index contributed by atoms with van der Waals surface area (Å²) in [4.78, 5) is 2.37. The highest BCUT2D eigenvalue weighted by Gasteiger charge is 2.23. The van der Waals surface area contributed by atoms with Crippen LogP contribution in [-0.4, -0.2) is 47.0 Å². The molecule has 0 saturated heterocycles. The molecule has 1 aromatic rings. The summed E-state index contributed by atoms with van der Waals surface area (Å²) in [5.74, 6) is 0. The first-order chi connectivity index (χ1) is 9.42. The van der Waals surface area contributed by atoms with Crippen molar-refractivity contribution < 1.29 is 8.42 Å². The molecule has 0 saturated carbocycles. The average Bonchev–Trinajstić information content (AvgIpc) is 2.38. The molecule has 2 N–H and O–H groups in total. The van der Waals surface area contributed by atoms with E-state index in [2.05, 4.69) is 10.0 Å². The van der Waals surface area contributed by atoms with Crippen molar-refractivity contribution >= 4 is 15.7 Å². The largest absolute Gasteiger partial charge is 0.385 e. The normalized spacial score (nSPS) is 15.0. The van der Waals surface area contributed by atoms with Crippen molar-refractivity contribution in [2.75, 3.05) is 39.0 Å². The van der Waals surface area contributed by atoms with E-state index in [0.717, 1.165) is 36.2 Å². The third-order valence-corrected chi connectivity index (χ3v) is 5.07. The van der Waals surface area contributed by atoms with Gasteiger partial charge in [0.15, 0.2) is 0 Å². The summed E-state index contributed by atoms with van der Waals surface area (Å²) < 4.78 is 27.6. The number of nitrogens with one attached hydrogen (secondary N) is 2. The Morgan fingerprint density at radius 2 is 2.10 bits per heavy atom. The van der Waals surface area contributed by atoms with Gasteiger partial charge in [0.2, 0.25) is 10.0 Å². The van der Waals surface area contributed by atoms with Gasteiger partial charge in [0.05, 0.1) is 4.90 Å². The maximum Gasteiger partial charge on any atom is 0.240 e. The quantitative estimate of drug-likeness (QED) is 0.857. The summed E-state index contributed by atoms with van der Waals surface area (Å²) in [6, 6.07) is 3.59. The number of aryl methyl sites for hydroxylation is 1. The maximum absolute atomic E-state index is 12.4. The second-order valence-electron chi connectivity index (χ2n) is 5.47. The van der Waals surface area contributed by atoms with Gasteiger partial charge in [0.1, 0.15) is 0 Å². The van der Waals surface area contributed by atoms with Gasteiger partial charge in [-0.15, -0.1) is 0 Å². The van der Waals surface area contributed by atoms with Gasteiger partial charge in [-0.1, -0.05) is 6.07 Å². The summed E-state index contributed by atoms with van der Waals surface area (Å²) in [6.45, 7) is 4.02. The summed E-state index contributed by atoms with van der Waals surface area (Å²) in [6.07, 6.45) is 1.78. The molecule has 0 fully saturated rings. The van der Waals surface area contributed by atoms with Gasteiger partial charge in [-0.05, 0) is 51.1 Å². The Labute approximate surface area is 121 Å². The van der Waals surface area contributed by atoms with Gasteiger partial charge in [-0.25, -0.2) is 13.1 Å². The SMILES string of the molecule is Cc1ccc(S(=O)(=O)NCCN(C)C)c2c1NCCC2. The predicted molar refractivity (Wildman–Crippen MR) is 81.7 cm³/mol. The zero-order valence-corrected chi connectivity index (χ0v) is 13.2. The van der Waals surface area contributed by atoms with E-state index in [1.54, 1.807) is 6.07 Å². The lowest BCUT2D eigenvalue weighted by atomic mass is 10.00. The van der Waals surface area contributed by atoms with E-state index in [4.69, 9.17) is 0 Å². The van der Waals surface area contributed by atoms with Crippen LogP contribution in [0.4, 0.5) is 5.69 Å². The second-order valence-corrected chi connectivity index (χ2v) is 7.20. The second kappa shape index (κ2) is 6.11. The van der Waals surface area contributed by atoms with Gasteiger partial charge in [0.25, 0.3) is 0 Å². The topological polar surface area (TPSA) is 61.4 Å². The van der Waals surface area contributed by atoms with Crippen molar-refractivity contribution in [3.8, 4) is 0 Å². The number of hydrogen-bond acceptors (Lipinski definition) is 4. The molecule has 0 aliphatic carbocycles.